The third kappa shape index (κ3) is 2.33. The Morgan fingerprint density at radius 2 is 2.07 bits per heavy atom. The van der Waals surface area contributed by atoms with Crippen molar-refractivity contribution in [3.63, 3.8) is 0 Å². The highest BCUT2D eigenvalue weighted by Crippen LogP contribution is 2.40. The van der Waals surface area contributed by atoms with Crippen molar-refractivity contribution in [2.24, 2.45) is 11.3 Å². The van der Waals surface area contributed by atoms with E-state index in [1.165, 1.54) is 57.1 Å². The second-order valence-corrected chi connectivity index (χ2v) is 6.03. The summed E-state index contributed by atoms with van der Waals surface area (Å²) in [7, 11) is 0. The van der Waals surface area contributed by atoms with Crippen molar-refractivity contribution in [1.29, 1.82) is 0 Å². The van der Waals surface area contributed by atoms with Gasteiger partial charge in [-0.15, -0.1) is 0 Å². The molecular weight excluding hydrogens is 238 g/mol. The summed E-state index contributed by atoms with van der Waals surface area (Å²) in [5.74, 6) is 0.934. The van der Waals surface area contributed by atoms with Crippen molar-refractivity contribution >= 4 is 15.9 Å². The average molecular weight is 260 g/mol. The summed E-state index contributed by atoms with van der Waals surface area (Å²) in [6.07, 6.45) is 7.22. The molecule has 2 heteroatoms. The predicted octanol–water partition coefficient (Wildman–Crippen LogP) is 3.28. The molecule has 2 fully saturated rings. The number of likely N-dealkylation sites (tertiary alicyclic amines) is 1. The minimum absolute atomic E-state index is 0.629. The fourth-order valence-corrected chi connectivity index (χ4v) is 3.84. The second-order valence-electron chi connectivity index (χ2n) is 5.47. The summed E-state index contributed by atoms with van der Waals surface area (Å²) in [6.45, 7) is 6.42. The van der Waals surface area contributed by atoms with E-state index in [-0.39, 0.29) is 0 Å². The minimum Gasteiger partial charge on any atom is -0.302 e. The maximum Gasteiger partial charge on any atom is 0.0100 e. The van der Waals surface area contributed by atoms with Gasteiger partial charge in [0.15, 0.2) is 0 Å². The Labute approximate surface area is 96.4 Å². The van der Waals surface area contributed by atoms with E-state index in [2.05, 4.69) is 27.8 Å². The molecule has 1 atom stereocenters. The van der Waals surface area contributed by atoms with Gasteiger partial charge in [-0.1, -0.05) is 35.7 Å². The number of rotatable bonds is 3. The maximum absolute atomic E-state index is 3.73. The molecule has 0 N–H and O–H groups in total. The fraction of sp³-hybridized carbons (Fsp3) is 1.00. The smallest absolute Gasteiger partial charge is 0.0100 e. The molecule has 82 valence electrons. The Bertz CT molecular complexity index is 187. The summed E-state index contributed by atoms with van der Waals surface area (Å²) in [5, 5.41) is 1.21. The van der Waals surface area contributed by atoms with Crippen molar-refractivity contribution in [1.82, 2.24) is 4.90 Å². The summed E-state index contributed by atoms with van der Waals surface area (Å²) >= 11 is 3.73. The fourth-order valence-electron chi connectivity index (χ4n) is 3.10. The summed E-state index contributed by atoms with van der Waals surface area (Å²) in [4.78, 5) is 2.69. The van der Waals surface area contributed by atoms with E-state index in [1.807, 2.05) is 0 Å². The van der Waals surface area contributed by atoms with E-state index in [4.69, 9.17) is 0 Å². The molecule has 0 aromatic carbocycles. The normalized spacial score (nSPS) is 32.6. The van der Waals surface area contributed by atoms with Crippen LogP contribution in [-0.2, 0) is 0 Å². The van der Waals surface area contributed by atoms with Crippen molar-refractivity contribution in [3.8, 4) is 0 Å². The minimum atomic E-state index is 0.629. The van der Waals surface area contributed by atoms with Gasteiger partial charge in [-0.25, -0.2) is 0 Å². The van der Waals surface area contributed by atoms with Crippen LogP contribution in [0.15, 0.2) is 0 Å². The SMILES string of the molecule is CC1CCN(CC2(CBr)CCCC2)C1. The molecule has 0 bridgehead atoms. The second kappa shape index (κ2) is 4.52. The number of alkyl halides is 1. The summed E-state index contributed by atoms with van der Waals surface area (Å²) in [6, 6.07) is 0. The van der Waals surface area contributed by atoms with Crippen LogP contribution in [0, 0.1) is 11.3 Å². The third-order valence-electron chi connectivity index (χ3n) is 4.01. The Balaban J connectivity index is 1.88. The molecule has 0 aromatic heterocycles. The monoisotopic (exact) mass is 259 g/mol. The van der Waals surface area contributed by atoms with E-state index in [1.54, 1.807) is 0 Å². The van der Waals surface area contributed by atoms with Gasteiger partial charge >= 0.3 is 0 Å². The molecule has 2 aliphatic rings. The molecule has 2 rings (SSSR count). The van der Waals surface area contributed by atoms with E-state index in [0.717, 1.165) is 5.92 Å². The van der Waals surface area contributed by atoms with Gasteiger partial charge in [0.2, 0.25) is 0 Å². The quantitative estimate of drug-likeness (QED) is 0.704. The van der Waals surface area contributed by atoms with Crippen LogP contribution >= 0.6 is 15.9 Å². The van der Waals surface area contributed by atoms with Crippen LogP contribution in [0.3, 0.4) is 0 Å². The molecule has 1 heterocycles. The van der Waals surface area contributed by atoms with Gasteiger partial charge in [-0.05, 0) is 37.1 Å². The summed E-state index contributed by atoms with van der Waals surface area (Å²) < 4.78 is 0. The Hall–Kier alpha value is 0.440. The first-order valence-corrected chi connectivity index (χ1v) is 7.15. The van der Waals surface area contributed by atoms with Crippen LogP contribution in [0.2, 0.25) is 0 Å². The molecule has 0 radical (unpaired) electrons. The van der Waals surface area contributed by atoms with Crippen molar-refractivity contribution in [2.75, 3.05) is 25.0 Å². The molecule has 0 aromatic rings. The van der Waals surface area contributed by atoms with E-state index >= 15 is 0 Å². The lowest BCUT2D eigenvalue weighted by molar-refractivity contribution is 0.198. The lowest BCUT2D eigenvalue weighted by Crippen LogP contribution is -2.36. The summed E-state index contributed by atoms with van der Waals surface area (Å²) in [5.41, 5.74) is 0.629. The van der Waals surface area contributed by atoms with Gasteiger partial charge in [0.25, 0.3) is 0 Å². The molecule has 1 aliphatic heterocycles. The average Bonchev–Trinajstić information content (AvgIpc) is 2.77. The molecule has 14 heavy (non-hydrogen) atoms. The Kier molecular flexibility index (Phi) is 3.54. The molecule has 1 nitrogen and oxygen atoms in total. The first-order chi connectivity index (χ1) is 6.74. The van der Waals surface area contributed by atoms with Gasteiger partial charge in [0.05, 0.1) is 0 Å². The molecule has 1 saturated heterocycles. The Morgan fingerprint density at radius 3 is 2.57 bits per heavy atom. The van der Waals surface area contributed by atoms with Crippen LogP contribution in [0.4, 0.5) is 0 Å². The molecule has 0 spiro atoms. The number of halogens is 1. The lowest BCUT2D eigenvalue weighted by Gasteiger charge is -2.31. The predicted molar refractivity (Wildman–Crippen MR) is 64.9 cm³/mol. The van der Waals surface area contributed by atoms with E-state index < -0.39 is 0 Å². The van der Waals surface area contributed by atoms with E-state index in [9.17, 15) is 0 Å². The van der Waals surface area contributed by atoms with Crippen LogP contribution in [0.5, 0.6) is 0 Å². The van der Waals surface area contributed by atoms with Crippen molar-refractivity contribution < 1.29 is 0 Å². The van der Waals surface area contributed by atoms with Gasteiger partial charge in [0, 0.05) is 18.4 Å². The highest BCUT2D eigenvalue weighted by molar-refractivity contribution is 9.09. The number of nitrogens with zero attached hydrogens (tertiary/aromatic N) is 1. The highest BCUT2D eigenvalue weighted by atomic mass is 79.9. The zero-order chi connectivity index (χ0) is 10.0. The van der Waals surface area contributed by atoms with Gasteiger partial charge in [-0.3, -0.25) is 0 Å². The maximum atomic E-state index is 3.73. The zero-order valence-corrected chi connectivity index (χ0v) is 10.9. The van der Waals surface area contributed by atoms with Crippen molar-refractivity contribution in [2.45, 2.75) is 39.0 Å². The molecule has 1 unspecified atom stereocenters. The van der Waals surface area contributed by atoms with Crippen LogP contribution < -0.4 is 0 Å². The third-order valence-corrected chi connectivity index (χ3v) is 5.20. The molecule has 1 saturated carbocycles. The molecule has 1 aliphatic carbocycles. The molecular formula is C12H22BrN. The Morgan fingerprint density at radius 1 is 1.36 bits per heavy atom. The lowest BCUT2D eigenvalue weighted by atomic mass is 9.88. The number of hydrogen-bond donors (Lipinski definition) is 0. The van der Waals surface area contributed by atoms with Crippen LogP contribution in [0.25, 0.3) is 0 Å². The number of hydrogen-bond acceptors (Lipinski definition) is 1. The van der Waals surface area contributed by atoms with Crippen LogP contribution in [0.1, 0.15) is 39.0 Å². The van der Waals surface area contributed by atoms with E-state index in [0.29, 0.717) is 5.41 Å². The molecule has 0 amide bonds. The van der Waals surface area contributed by atoms with Gasteiger partial charge in [-0.2, -0.15) is 0 Å². The first-order valence-electron chi connectivity index (χ1n) is 6.02. The van der Waals surface area contributed by atoms with Gasteiger partial charge in [0.1, 0.15) is 0 Å². The first kappa shape index (κ1) is 10.9. The zero-order valence-electron chi connectivity index (χ0n) is 9.27. The standard InChI is InChI=1S/C12H22BrN/c1-11-4-7-14(8-11)10-12(9-13)5-2-3-6-12/h11H,2-10H2,1H3. The van der Waals surface area contributed by atoms with Crippen molar-refractivity contribution in [3.05, 3.63) is 0 Å². The largest absolute Gasteiger partial charge is 0.302 e. The highest BCUT2D eigenvalue weighted by Gasteiger charge is 2.35. The topological polar surface area (TPSA) is 3.24 Å². The van der Waals surface area contributed by atoms with Crippen LogP contribution in [-0.4, -0.2) is 29.9 Å². The van der Waals surface area contributed by atoms with Gasteiger partial charge < -0.3 is 4.90 Å².